The van der Waals surface area contributed by atoms with E-state index in [9.17, 15) is 9.59 Å². The van der Waals surface area contributed by atoms with E-state index in [0.717, 1.165) is 25.0 Å². The monoisotopic (exact) mass is 350 g/mol. The van der Waals surface area contributed by atoms with Crippen molar-refractivity contribution >= 4 is 23.2 Å². The molecule has 5 nitrogen and oxygen atoms in total. The SMILES string of the molecule is CCOC(=O)[C@@]1(CC)C[C@H]2CC[C@@H]1N2C(=O)c1nc(C(C)C)cs1. The number of thiazole rings is 1. The Morgan fingerprint density at radius 1 is 1.42 bits per heavy atom. The molecule has 0 spiro atoms. The molecular weight excluding hydrogens is 324 g/mol. The number of fused-ring (bicyclic) bond motifs is 2. The highest BCUT2D eigenvalue weighted by molar-refractivity contribution is 7.11. The van der Waals surface area contributed by atoms with Crippen molar-refractivity contribution in [3.8, 4) is 0 Å². The van der Waals surface area contributed by atoms with E-state index >= 15 is 0 Å². The van der Waals surface area contributed by atoms with Crippen molar-refractivity contribution in [2.45, 2.75) is 71.4 Å². The Kier molecular flexibility index (Phi) is 4.69. The van der Waals surface area contributed by atoms with Crippen LogP contribution in [0.1, 0.15) is 74.8 Å². The summed E-state index contributed by atoms with van der Waals surface area (Å²) in [5, 5.41) is 2.51. The molecule has 1 amide bonds. The van der Waals surface area contributed by atoms with Gasteiger partial charge in [0.15, 0.2) is 5.01 Å². The van der Waals surface area contributed by atoms with Gasteiger partial charge in [-0.2, -0.15) is 0 Å². The van der Waals surface area contributed by atoms with Crippen molar-refractivity contribution in [1.82, 2.24) is 9.88 Å². The van der Waals surface area contributed by atoms with Gasteiger partial charge in [0.25, 0.3) is 5.91 Å². The molecule has 2 fully saturated rings. The number of nitrogens with zero attached hydrogens (tertiary/aromatic N) is 2. The predicted octanol–water partition coefficient (Wildman–Crippen LogP) is 3.60. The minimum Gasteiger partial charge on any atom is -0.466 e. The van der Waals surface area contributed by atoms with E-state index in [4.69, 9.17) is 4.74 Å². The van der Waals surface area contributed by atoms with Gasteiger partial charge in [0.1, 0.15) is 0 Å². The van der Waals surface area contributed by atoms with Crippen LogP contribution in [0.2, 0.25) is 0 Å². The van der Waals surface area contributed by atoms with Crippen LogP contribution < -0.4 is 0 Å². The molecule has 3 rings (SSSR count). The van der Waals surface area contributed by atoms with Crippen LogP contribution in [-0.2, 0) is 9.53 Å². The molecule has 0 N–H and O–H groups in total. The zero-order chi connectivity index (χ0) is 17.5. The van der Waals surface area contributed by atoms with Gasteiger partial charge in [0.05, 0.1) is 17.7 Å². The minimum atomic E-state index is -0.535. The molecule has 2 bridgehead atoms. The molecule has 24 heavy (non-hydrogen) atoms. The highest BCUT2D eigenvalue weighted by atomic mass is 32.1. The van der Waals surface area contributed by atoms with E-state index < -0.39 is 5.41 Å². The van der Waals surface area contributed by atoms with Crippen LogP contribution in [0.25, 0.3) is 0 Å². The second kappa shape index (κ2) is 6.47. The number of aromatic nitrogens is 1. The Bertz CT molecular complexity index is 642. The highest BCUT2D eigenvalue weighted by Gasteiger charge is 2.61. The number of rotatable bonds is 5. The topological polar surface area (TPSA) is 59.5 Å². The van der Waals surface area contributed by atoms with Crippen LogP contribution >= 0.6 is 11.3 Å². The van der Waals surface area contributed by atoms with Crippen LogP contribution in [0.15, 0.2) is 5.38 Å². The van der Waals surface area contributed by atoms with E-state index in [2.05, 4.69) is 18.8 Å². The van der Waals surface area contributed by atoms with Gasteiger partial charge in [-0.3, -0.25) is 9.59 Å². The lowest BCUT2D eigenvalue weighted by atomic mass is 9.72. The molecule has 132 valence electrons. The van der Waals surface area contributed by atoms with Gasteiger partial charge in [-0.1, -0.05) is 20.8 Å². The largest absolute Gasteiger partial charge is 0.466 e. The summed E-state index contributed by atoms with van der Waals surface area (Å²) in [7, 11) is 0. The molecule has 2 saturated heterocycles. The predicted molar refractivity (Wildman–Crippen MR) is 93.2 cm³/mol. The minimum absolute atomic E-state index is 0.0148. The summed E-state index contributed by atoms with van der Waals surface area (Å²) in [5.41, 5.74) is 0.425. The lowest BCUT2D eigenvalue weighted by molar-refractivity contribution is -0.157. The maximum absolute atomic E-state index is 13.0. The zero-order valence-electron chi connectivity index (χ0n) is 14.9. The third-order valence-electron chi connectivity index (χ3n) is 5.58. The van der Waals surface area contributed by atoms with Crippen LogP contribution in [0.5, 0.6) is 0 Å². The lowest BCUT2D eigenvalue weighted by Crippen LogP contribution is -2.45. The first-order valence-electron chi connectivity index (χ1n) is 8.89. The van der Waals surface area contributed by atoms with Crippen molar-refractivity contribution < 1.29 is 14.3 Å². The van der Waals surface area contributed by atoms with E-state index in [1.165, 1.54) is 11.3 Å². The van der Waals surface area contributed by atoms with E-state index in [-0.39, 0.29) is 24.0 Å². The van der Waals surface area contributed by atoms with Gasteiger partial charge in [0, 0.05) is 17.5 Å². The Morgan fingerprint density at radius 2 is 2.17 bits per heavy atom. The Labute approximate surface area is 147 Å². The number of amides is 1. The number of carbonyl (C=O) groups is 2. The standard InChI is InChI=1S/C18H26N2O3S/c1-5-18(17(22)23-6-2)9-12-7-8-14(18)20(12)16(21)15-19-13(10-24-15)11(3)4/h10-12,14H,5-9H2,1-4H3/t12-,14+,18+/m1/s1. The molecule has 3 atom stereocenters. The fourth-order valence-electron chi connectivity index (χ4n) is 4.27. The summed E-state index contributed by atoms with van der Waals surface area (Å²) in [6.07, 6.45) is 3.29. The molecule has 1 aromatic rings. The Balaban J connectivity index is 1.87. The average Bonchev–Trinajstić information content (AvgIpc) is 3.27. The number of hydrogen-bond acceptors (Lipinski definition) is 5. The van der Waals surface area contributed by atoms with Crippen molar-refractivity contribution in [3.63, 3.8) is 0 Å². The van der Waals surface area contributed by atoms with Crippen molar-refractivity contribution in [2.75, 3.05) is 6.61 Å². The fourth-order valence-corrected chi connectivity index (χ4v) is 5.19. The molecular formula is C18H26N2O3S. The molecule has 0 unspecified atom stereocenters. The third-order valence-corrected chi connectivity index (χ3v) is 6.43. The molecule has 0 aliphatic carbocycles. The highest BCUT2D eigenvalue weighted by Crippen LogP contribution is 2.53. The second-order valence-corrected chi connectivity index (χ2v) is 7.98. The molecule has 0 radical (unpaired) electrons. The summed E-state index contributed by atoms with van der Waals surface area (Å²) in [4.78, 5) is 32.1. The van der Waals surface area contributed by atoms with Gasteiger partial charge in [0.2, 0.25) is 0 Å². The fraction of sp³-hybridized carbons (Fsp3) is 0.722. The van der Waals surface area contributed by atoms with Gasteiger partial charge in [-0.25, -0.2) is 4.98 Å². The summed E-state index contributed by atoms with van der Waals surface area (Å²) < 4.78 is 5.35. The van der Waals surface area contributed by atoms with Crippen LogP contribution in [0.4, 0.5) is 0 Å². The quantitative estimate of drug-likeness (QED) is 0.761. The maximum atomic E-state index is 13.0. The van der Waals surface area contributed by atoms with Crippen LogP contribution in [0, 0.1) is 5.41 Å². The second-order valence-electron chi connectivity index (χ2n) is 7.13. The first kappa shape index (κ1) is 17.4. The zero-order valence-corrected chi connectivity index (χ0v) is 15.7. The number of esters is 1. The first-order valence-corrected chi connectivity index (χ1v) is 9.77. The summed E-state index contributed by atoms with van der Waals surface area (Å²) in [6, 6.07) is 0.0868. The molecule has 3 heterocycles. The maximum Gasteiger partial charge on any atom is 0.314 e. The first-order chi connectivity index (χ1) is 11.4. The molecule has 2 aliphatic rings. The molecule has 1 aromatic heterocycles. The van der Waals surface area contributed by atoms with Gasteiger partial charge >= 0.3 is 5.97 Å². The van der Waals surface area contributed by atoms with Crippen LogP contribution in [0.3, 0.4) is 0 Å². The number of ether oxygens (including phenoxy) is 1. The van der Waals surface area contributed by atoms with Gasteiger partial charge in [-0.05, 0) is 38.5 Å². The van der Waals surface area contributed by atoms with E-state index in [0.29, 0.717) is 24.0 Å². The van der Waals surface area contributed by atoms with Crippen LogP contribution in [-0.4, -0.2) is 40.5 Å². The average molecular weight is 350 g/mol. The third kappa shape index (κ3) is 2.55. The summed E-state index contributed by atoms with van der Waals surface area (Å²) in [5.74, 6) is 0.158. The molecule has 6 heteroatoms. The lowest BCUT2D eigenvalue weighted by Gasteiger charge is -2.33. The normalized spacial score (nSPS) is 28.6. The van der Waals surface area contributed by atoms with E-state index in [1.807, 2.05) is 24.1 Å². The summed E-state index contributed by atoms with van der Waals surface area (Å²) >= 11 is 1.41. The van der Waals surface area contributed by atoms with Gasteiger partial charge in [-0.15, -0.1) is 11.3 Å². The molecule has 0 aromatic carbocycles. The Morgan fingerprint density at radius 3 is 2.75 bits per heavy atom. The summed E-state index contributed by atoms with van der Waals surface area (Å²) in [6.45, 7) is 8.40. The van der Waals surface area contributed by atoms with Crippen molar-refractivity contribution in [3.05, 3.63) is 16.1 Å². The van der Waals surface area contributed by atoms with Crippen molar-refractivity contribution in [1.29, 1.82) is 0 Å². The number of hydrogen-bond donors (Lipinski definition) is 0. The smallest absolute Gasteiger partial charge is 0.314 e. The van der Waals surface area contributed by atoms with E-state index in [1.54, 1.807) is 0 Å². The Hall–Kier alpha value is -1.43. The molecule has 0 saturated carbocycles. The molecule has 2 aliphatic heterocycles. The van der Waals surface area contributed by atoms with Crippen molar-refractivity contribution in [2.24, 2.45) is 5.41 Å². The van der Waals surface area contributed by atoms with Gasteiger partial charge < -0.3 is 9.64 Å². The number of carbonyl (C=O) groups excluding carboxylic acids is 2.